The van der Waals surface area contributed by atoms with Gasteiger partial charge in [0.15, 0.2) is 0 Å². The molecule has 0 atom stereocenters. The molecule has 24 heavy (non-hydrogen) atoms. The van der Waals surface area contributed by atoms with Gasteiger partial charge in [0.2, 0.25) is 10.0 Å². The largest absolute Gasteiger partial charge is 0.507 e. The number of anilines is 1. The molecule has 0 aliphatic heterocycles. The average Bonchev–Trinajstić information content (AvgIpc) is 2.54. The summed E-state index contributed by atoms with van der Waals surface area (Å²) in [6.45, 7) is 0. The molecule has 0 amide bonds. The van der Waals surface area contributed by atoms with Crippen molar-refractivity contribution in [3.63, 3.8) is 0 Å². The van der Waals surface area contributed by atoms with E-state index in [0.717, 1.165) is 11.6 Å². The van der Waals surface area contributed by atoms with Crippen LogP contribution in [0.4, 0.5) is 5.69 Å². The Labute approximate surface area is 146 Å². The SMILES string of the molecule is CN(c1cc2ccccc2c(O)c1-c1ccc(Cl)cc1)S(C)(=O)=O. The number of benzene rings is 3. The molecule has 6 heteroatoms. The standard InChI is InChI=1S/C18H16ClNO3S/c1-20(24(2,22)23)16-11-13-5-3-4-6-15(13)18(21)17(16)12-7-9-14(19)10-8-12/h3-11,21H,1-2H3. The first kappa shape index (κ1) is 16.6. The second-order valence-corrected chi connectivity index (χ2v) is 8.03. The Morgan fingerprint density at radius 1 is 1.04 bits per heavy atom. The smallest absolute Gasteiger partial charge is 0.232 e. The van der Waals surface area contributed by atoms with E-state index >= 15 is 0 Å². The molecule has 0 unspecified atom stereocenters. The van der Waals surface area contributed by atoms with E-state index in [-0.39, 0.29) is 5.75 Å². The van der Waals surface area contributed by atoms with Crippen LogP contribution in [0.25, 0.3) is 21.9 Å². The molecule has 0 spiro atoms. The highest BCUT2D eigenvalue weighted by Gasteiger charge is 2.21. The zero-order valence-corrected chi connectivity index (χ0v) is 14.8. The van der Waals surface area contributed by atoms with E-state index in [1.807, 2.05) is 18.2 Å². The van der Waals surface area contributed by atoms with Gasteiger partial charge in [-0.05, 0) is 29.1 Å². The quantitative estimate of drug-likeness (QED) is 0.758. The van der Waals surface area contributed by atoms with Crippen LogP contribution < -0.4 is 4.31 Å². The van der Waals surface area contributed by atoms with E-state index in [9.17, 15) is 13.5 Å². The van der Waals surface area contributed by atoms with E-state index in [4.69, 9.17) is 11.6 Å². The number of fused-ring (bicyclic) bond motifs is 1. The number of aromatic hydroxyl groups is 1. The van der Waals surface area contributed by atoms with Crippen molar-refractivity contribution in [1.29, 1.82) is 0 Å². The highest BCUT2D eigenvalue weighted by molar-refractivity contribution is 7.92. The van der Waals surface area contributed by atoms with Crippen LogP contribution in [-0.4, -0.2) is 26.8 Å². The fourth-order valence-corrected chi connectivity index (χ4v) is 3.27. The summed E-state index contributed by atoms with van der Waals surface area (Å²) in [6.07, 6.45) is 1.13. The molecule has 3 aromatic rings. The zero-order valence-electron chi connectivity index (χ0n) is 13.2. The lowest BCUT2D eigenvalue weighted by molar-refractivity contribution is 0.483. The minimum atomic E-state index is -3.48. The number of phenolic OH excluding ortho intramolecular Hbond substituents is 1. The van der Waals surface area contributed by atoms with Crippen LogP contribution in [0.5, 0.6) is 5.75 Å². The molecule has 0 radical (unpaired) electrons. The minimum absolute atomic E-state index is 0.0425. The maximum absolute atomic E-state index is 12.0. The molecule has 4 nitrogen and oxygen atoms in total. The summed E-state index contributed by atoms with van der Waals surface area (Å²) < 4.78 is 25.2. The lowest BCUT2D eigenvalue weighted by atomic mass is 9.97. The molecule has 0 fully saturated rings. The van der Waals surface area contributed by atoms with Gasteiger partial charge in [0, 0.05) is 23.0 Å². The van der Waals surface area contributed by atoms with Gasteiger partial charge in [-0.25, -0.2) is 8.42 Å². The van der Waals surface area contributed by atoms with Crippen molar-refractivity contribution in [2.75, 3.05) is 17.6 Å². The Balaban J connectivity index is 2.39. The molecule has 3 aromatic carbocycles. The number of hydrogen-bond donors (Lipinski definition) is 1. The van der Waals surface area contributed by atoms with Crippen molar-refractivity contribution in [1.82, 2.24) is 0 Å². The Morgan fingerprint density at radius 3 is 2.29 bits per heavy atom. The van der Waals surface area contributed by atoms with Gasteiger partial charge in [0.1, 0.15) is 5.75 Å². The molecule has 3 rings (SSSR count). The third-order valence-corrected chi connectivity index (χ3v) is 5.41. The van der Waals surface area contributed by atoms with Gasteiger partial charge < -0.3 is 5.11 Å². The van der Waals surface area contributed by atoms with Gasteiger partial charge in [0.05, 0.1) is 11.9 Å². The first-order valence-electron chi connectivity index (χ1n) is 7.23. The Morgan fingerprint density at radius 2 is 1.67 bits per heavy atom. The van der Waals surface area contributed by atoms with Crippen molar-refractivity contribution < 1.29 is 13.5 Å². The number of halogens is 1. The summed E-state index contributed by atoms with van der Waals surface area (Å²) in [5.74, 6) is 0.0425. The van der Waals surface area contributed by atoms with Crippen LogP contribution in [0, 0.1) is 0 Å². The predicted molar refractivity (Wildman–Crippen MR) is 99.3 cm³/mol. The van der Waals surface area contributed by atoms with Gasteiger partial charge in [-0.3, -0.25) is 4.31 Å². The molecule has 0 aromatic heterocycles. The summed E-state index contributed by atoms with van der Waals surface area (Å²) in [5.41, 5.74) is 1.56. The van der Waals surface area contributed by atoms with Crippen molar-refractivity contribution in [3.05, 3.63) is 59.6 Å². The number of nitrogens with zero attached hydrogens (tertiary/aromatic N) is 1. The Kier molecular flexibility index (Phi) is 4.15. The first-order chi connectivity index (χ1) is 11.3. The molecular formula is C18H16ClNO3S. The lowest BCUT2D eigenvalue weighted by Crippen LogP contribution is -2.25. The topological polar surface area (TPSA) is 57.6 Å². The Bertz CT molecular complexity index is 1010. The molecule has 0 heterocycles. The monoisotopic (exact) mass is 361 g/mol. The fraction of sp³-hybridized carbons (Fsp3) is 0.111. The Hall–Kier alpha value is -2.24. The van der Waals surface area contributed by atoms with Crippen LogP contribution >= 0.6 is 11.6 Å². The maximum Gasteiger partial charge on any atom is 0.232 e. The number of rotatable bonds is 3. The fourth-order valence-electron chi connectivity index (χ4n) is 2.64. The van der Waals surface area contributed by atoms with Crippen molar-refractivity contribution in [3.8, 4) is 16.9 Å². The third kappa shape index (κ3) is 2.92. The normalized spacial score (nSPS) is 11.6. The molecule has 0 aliphatic rings. The zero-order chi connectivity index (χ0) is 17.5. The number of hydrogen-bond acceptors (Lipinski definition) is 3. The highest BCUT2D eigenvalue weighted by Crippen LogP contribution is 2.43. The average molecular weight is 362 g/mol. The van der Waals surface area contributed by atoms with Crippen LogP contribution in [-0.2, 0) is 10.0 Å². The summed E-state index contributed by atoms with van der Waals surface area (Å²) in [4.78, 5) is 0. The predicted octanol–water partition coefficient (Wildman–Crippen LogP) is 4.26. The number of phenols is 1. The molecule has 0 bridgehead atoms. The molecule has 1 N–H and O–H groups in total. The van der Waals surface area contributed by atoms with Gasteiger partial charge in [-0.2, -0.15) is 0 Å². The van der Waals surface area contributed by atoms with Gasteiger partial charge in [-0.15, -0.1) is 0 Å². The van der Waals surface area contributed by atoms with Crippen molar-refractivity contribution in [2.24, 2.45) is 0 Å². The molecule has 0 aliphatic carbocycles. The van der Waals surface area contributed by atoms with E-state index in [0.29, 0.717) is 27.2 Å². The van der Waals surface area contributed by atoms with Crippen LogP contribution in [0.15, 0.2) is 54.6 Å². The second kappa shape index (κ2) is 6.00. The van der Waals surface area contributed by atoms with Crippen LogP contribution in [0.1, 0.15) is 0 Å². The van der Waals surface area contributed by atoms with Crippen molar-refractivity contribution in [2.45, 2.75) is 0 Å². The van der Waals surface area contributed by atoms with Crippen LogP contribution in [0.3, 0.4) is 0 Å². The van der Waals surface area contributed by atoms with Crippen molar-refractivity contribution >= 4 is 38.1 Å². The minimum Gasteiger partial charge on any atom is -0.507 e. The summed E-state index contributed by atoms with van der Waals surface area (Å²) >= 11 is 5.94. The van der Waals surface area contributed by atoms with Crippen LogP contribution in [0.2, 0.25) is 5.02 Å². The van der Waals surface area contributed by atoms with Gasteiger partial charge >= 0.3 is 0 Å². The molecule has 0 saturated heterocycles. The van der Waals surface area contributed by atoms with E-state index < -0.39 is 10.0 Å². The summed E-state index contributed by atoms with van der Waals surface area (Å²) in [6, 6.07) is 16.0. The first-order valence-corrected chi connectivity index (χ1v) is 9.46. The summed E-state index contributed by atoms with van der Waals surface area (Å²) in [7, 11) is -2.01. The summed E-state index contributed by atoms with van der Waals surface area (Å²) in [5, 5.41) is 12.8. The maximum atomic E-state index is 12.0. The van der Waals surface area contributed by atoms with Gasteiger partial charge in [-0.1, -0.05) is 48.0 Å². The highest BCUT2D eigenvalue weighted by atomic mass is 35.5. The van der Waals surface area contributed by atoms with E-state index in [1.165, 1.54) is 11.4 Å². The van der Waals surface area contributed by atoms with E-state index in [2.05, 4.69) is 0 Å². The second-order valence-electron chi connectivity index (χ2n) is 5.58. The molecule has 124 valence electrons. The molecular weight excluding hydrogens is 346 g/mol. The molecule has 0 saturated carbocycles. The number of sulfonamides is 1. The third-order valence-electron chi connectivity index (χ3n) is 3.97. The van der Waals surface area contributed by atoms with E-state index in [1.54, 1.807) is 36.4 Å². The van der Waals surface area contributed by atoms with Gasteiger partial charge in [0.25, 0.3) is 0 Å². The lowest BCUT2D eigenvalue weighted by Gasteiger charge is -2.22.